The molecule has 0 saturated heterocycles. The lowest BCUT2D eigenvalue weighted by molar-refractivity contribution is 0.503. The first kappa shape index (κ1) is 34.4. The van der Waals surface area contributed by atoms with E-state index in [0.29, 0.717) is 65.6 Å². The first-order chi connectivity index (χ1) is 23.1. The number of anilines is 1. The third-order valence-corrected chi connectivity index (χ3v) is 8.35. The van der Waals surface area contributed by atoms with Crippen molar-refractivity contribution in [3.8, 4) is 16.9 Å². The van der Waals surface area contributed by atoms with E-state index in [1.165, 1.54) is 4.57 Å². The molecule has 0 bridgehead atoms. The quantitative estimate of drug-likeness (QED) is 0.0665. The van der Waals surface area contributed by atoms with E-state index in [-0.39, 0.29) is 22.6 Å². The summed E-state index contributed by atoms with van der Waals surface area (Å²) in [7, 11) is 0. The number of aryl methyl sites for hydroxylation is 1. The van der Waals surface area contributed by atoms with Gasteiger partial charge in [0.25, 0.3) is 5.56 Å². The summed E-state index contributed by atoms with van der Waals surface area (Å²) in [5.74, 6) is 0.0928. The SMILES string of the molecule is CC(C)CCCc1cc(Cl)c(F)c(-c2cc3cn(-c4ccc(CN[C@H](CCN=C(N)N)CNc5ccc[nH]c5=O)cc4)c(=O)nc3[nH]2)c1. The van der Waals surface area contributed by atoms with Crippen LogP contribution in [0.15, 0.2) is 81.6 Å². The molecule has 0 radical (unpaired) electrons. The van der Waals surface area contributed by atoms with Crippen LogP contribution >= 0.6 is 11.6 Å². The lowest BCUT2D eigenvalue weighted by Gasteiger charge is -2.19. The highest BCUT2D eigenvalue weighted by Crippen LogP contribution is 2.31. The van der Waals surface area contributed by atoms with Crippen LogP contribution in [0.4, 0.5) is 10.1 Å². The minimum Gasteiger partial charge on any atom is -0.379 e. The van der Waals surface area contributed by atoms with E-state index in [4.69, 9.17) is 23.1 Å². The normalized spacial score (nSPS) is 12.0. The van der Waals surface area contributed by atoms with Crippen molar-refractivity contribution < 1.29 is 4.39 Å². The number of nitrogens with one attached hydrogen (secondary N) is 4. The summed E-state index contributed by atoms with van der Waals surface area (Å²) in [6, 6.07) is 16.2. The Kier molecular flexibility index (Phi) is 11.3. The number of guanidine groups is 1. The number of aromatic amines is 2. The van der Waals surface area contributed by atoms with Gasteiger partial charge in [0.1, 0.15) is 11.3 Å². The lowest BCUT2D eigenvalue weighted by Crippen LogP contribution is -2.37. The Morgan fingerprint density at radius 2 is 1.88 bits per heavy atom. The van der Waals surface area contributed by atoms with Gasteiger partial charge in [0.05, 0.1) is 16.4 Å². The van der Waals surface area contributed by atoms with Gasteiger partial charge in [0, 0.05) is 49.0 Å². The van der Waals surface area contributed by atoms with Crippen molar-refractivity contribution in [2.75, 3.05) is 18.4 Å². The number of benzene rings is 2. The molecular formula is C35H41ClFN9O2. The maximum Gasteiger partial charge on any atom is 0.354 e. The molecule has 11 nitrogen and oxygen atoms in total. The smallest absolute Gasteiger partial charge is 0.354 e. The highest BCUT2D eigenvalue weighted by atomic mass is 35.5. The fourth-order valence-corrected chi connectivity index (χ4v) is 5.72. The van der Waals surface area contributed by atoms with Gasteiger partial charge in [-0.3, -0.25) is 14.4 Å². The largest absolute Gasteiger partial charge is 0.379 e. The number of aromatic nitrogens is 4. The molecule has 3 heterocycles. The first-order valence-corrected chi connectivity index (χ1v) is 16.4. The fourth-order valence-electron chi connectivity index (χ4n) is 5.48. The predicted molar refractivity (Wildman–Crippen MR) is 191 cm³/mol. The van der Waals surface area contributed by atoms with Gasteiger partial charge in [-0.05, 0) is 78.8 Å². The third kappa shape index (κ3) is 8.90. The average molecular weight is 674 g/mol. The topological polar surface area (TPSA) is 172 Å². The molecule has 0 aliphatic carbocycles. The molecule has 0 aliphatic heterocycles. The second-order valence-corrected chi connectivity index (χ2v) is 12.6. The lowest BCUT2D eigenvalue weighted by atomic mass is 10.00. The van der Waals surface area contributed by atoms with E-state index in [0.717, 1.165) is 30.4 Å². The highest BCUT2D eigenvalue weighted by Gasteiger charge is 2.16. The first-order valence-electron chi connectivity index (χ1n) is 16.0. The van der Waals surface area contributed by atoms with Crippen LogP contribution in [0.5, 0.6) is 0 Å². The van der Waals surface area contributed by atoms with Gasteiger partial charge in [0.15, 0.2) is 11.8 Å². The van der Waals surface area contributed by atoms with Crippen LogP contribution in [0.3, 0.4) is 0 Å². The molecule has 5 rings (SSSR count). The Hall–Kier alpha value is -4.94. The maximum absolute atomic E-state index is 15.2. The zero-order valence-electron chi connectivity index (χ0n) is 27.0. The Morgan fingerprint density at radius 1 is 1.08 bits per heavy atom. The summed E-state index contributed by atoms with van der Waals surface area (Å²) in [6.45, 7) is 5.78. The number of halogens is 2. The van der Waals surface area contributed by atoms with Gasteiger partial charge in [-0.1, -0.05) is 44.0 Å². The van der Waals surface area contributed by atoms with E-state index in [1.54, 1.807) is 36.7 Å². The second kappa shape index (κ2) is 15.8. The van der Waals surface area contributed by atoms with Gasteiger partial charge >= 0.3 is 5.69 Å². The predicted octanol–water partition coefficient (Wildman–Crippen LogP) is 5.07. The number of aliphatic imine (C=N–C) groups is 1. The van der Waals surface area contributed by atoms with Crippen molar-refractivity contribution in [3.05, 3.63) is 110 Å². The molecule has 0 fully saturated rings. The summed E-state index contributed by atoms with van der Waals surface area (Å²) in [4.78, 5) is 39.2. The van der Waals surface area contributed by atoms with Crippen molar-refractivity contribution in [2.45, 2.75) is 52.1 Å². The van der Waals surface area contributed by atoms with E-state index in [2.05, 4.69) is 44.4 Å². The number of pyridine rings is 1. The number of H-pyrrole nitrogens is 2. The molecule has 0 spiro atoms. The molecule has 1 atom stereocenters. The Morgan fingerprint density at radius 3 is 2.60 bits per heavy atom. The van der Waals surface area contributed by atoms with Crippen LogP contribution < -0.4 is 33.3 Å². The molecule has 2 aromatic carbocycles. The summed E-state index contributed by atoms with van der Waals surface area (Å²) in [5, 5.41) is 7.39. The van der Waals surface area contributed by atoms with Crippen LogP contribution in [0.25, 0.3) is 28.0 Å². The highest BCUT2D eigenvalue weighted by molar-refractivity contribution is 6.31. The molecule has 3 aromatic heterocycles. The standard InChI is InChI=1S/C35H41ClFN9O2/c1-21(2)5-3-6-23-15-27(31(37)28(36)16-23)30-17-24-20-46(35(48)45-32(24)44-30)26-10-8-22(9-11-26)18-42-25(12-14-41-34(38)39)19-43-29-7-4-13-40-33(29)47/h4,7-11,13,15-17,20-21,25,42-43H,3,5-6,12,14,18-19H2,1-2H3,(H,40,47)(H4,38,39,41)(H,44,45,48)/t25-/m1/s1. The van der Waals surface area contributed by atoms with Crippen LogP contribution in [0.1, 0.15) is 44.2 Å². The molecule has 0 aliphatic rings. The van der Waals surface area contributed by atoms with Gasteiger partial charge in [-0.15, -0.1) is 0 Å². The number of fused-ring (bicyclic) bond motifs is 1. The maximum atomic E-state index is 15.2. The average Bonchev–Trinajstić information content (AvgIpc) is 3.46. The number of nitrogens with two attached hydrogens (primary N) is 2. The molecular weight excluding hydrogens is 633 g/mol. The van der Waals surface area contributed by atoms with Gasteiger partial charge in [-0.2, -0.15) is 4.98 Å². The molecule has 13 heteroatoms. The van der Waals surface area contributed by atoms with Gasteiger partial charge < -0.3 is 32.1 Å². The summed E-state index contributed by atoms with van der Waals surface area (Å²) in [5.41, 5.74) is 14.6. The van der Waals surface area contributed by atoms with Crippen molar-refractivity contribution in [2.24, 2.45) is 22.4 Å². The van der Waals surface area contributed by atoms with E-state index in [1.807, 2.05) is 30.3 Å². The molecule has 8 N–H and O–H groups in total. The third-order valence-electron chi connectivity index (χ3n) is 8.07. The molecule has 5 aromatic rings. The second-order valence-electron chi connectivity index (χ2n) is 12.2. The summed E-state index contributed by atoms with van der Waals surface area (Å²) < 4.78 is 16.6. The zero-order valence-corrected chi connectivity index (χ0v) is 27.8. The van der Waals surface area contributed by atoms with Crippen molar-refractivity contribution in [1.82, 2.24) is 24.8 Å². The summed E-state index contributed by atoms with van der Waals surface area (Å²) >= 11 is 6.28. The number of nitrogens with zero attached hydrogens (tertiary/aromatic N) is 3. The fraction of sp³-hybridized carbons (Fsp3) is 0.314. The minimum absolute atomic E-state index is 0.0221. The van der Waals surface area contributed by atoms with E-state index in [9.17, 15) is 9.59 Å². The molecule has 0 saturated carbocycles. The Balaban J connectivity index is 1.30. The number of rotatable bonds is 15. The van der Waals surface area contributed by atoms with Crippen LogP contribution in [0, 0.1) is 11.7 Å². The molecule has 0 amide bonds. The Labute approximate surface area is 282 Å². The minimum atomic E-state index is -0.516. The van der Waals surface area contributed by atoms with Crippen molar-refractivity contribution >= 4 is 34.3 Å². The monoisotopic (exact) mass is 673 g/mol. The van der Waals surface area contributed by atoms with Crippen molar-refractivity contribution in [1.29, 1.82) is 0 Å². The summed E-state index contributed by atoms with van der Waals surface area (Å²) in [6.07, 6.45) is 6.75. The number of hydrogen-bond acceptors (Lipinski definition) is 6. The molecule has 48 heavy (non-hydrogen) atoms. The van der Waals surface area contributed by atoms with Crippen LogP contribution in [0.2, 0.25) is 5.02 Å². The van der Waals surface area contributed by atoms with Crippen LogP contribution in [-0.4, -0.2) is 44.6 Å². The molecule has 0 unspecified atom stereocenters. The van der Waals surface area contributed by atoms with Crippen molar-refractivity contribution in [3.63, 3.8) is 0 Å². The van der Waals surface area contributed by atoms with Gasteiger partial charge in [-0.25, -0.2) is 9.18 Å². The Bertz CT molecular complexity index is 2000. The van der Waals surface area contributed by atoms with E-state index >= 15 is 4.39 Å². The number of hydrogen-bond donors (Lipinski definition) is 6. The molecule has 252 valence electrons. The van der Waals surface area contributed by atoms with E-state index < -0.39 is 11.5 Å². The zero-order chi connectivity index (χ0) is 34.2. The van der Waals surface area contributed by atoms with Gasteiger partial charge in [0.2, 0.25) is 0 Å². The van der Waals surface area contributed by atoms with Crippen LogP contribution in [-0.2, 0) is 13.0 Å².